The molecule has 0 heterocycles. The molecule has 0 aliphatic carbocycles. The molecule has 0 radical (unpaired) electrons. The van der Waals surface area contributed by atoms with Crippen LogP contribution in [0, 0.1) is 0 Å². The van der Waals surface area contributed by atoms with E-state index in [0.717, 1.165) is 0 Å². The van der Waals surface area contributed by atoms with Crippen LogP contribution in [0.1, 0.15) is 17.3 Å². The zero-order valence-corrected chi connectivity index (χ0v) is 8.11. The van der Waals surface area contributed by atoms with Gasteiger partial charge in [-0.2, -0.15) is 0 Å². The maximum Gasteiger partial charge on any atom is 0.341 e. The van der Waals surface area contributed by atoms with Crippen LogP contribution in [0.4, 0.5) is 0 Å². The van der Waals surface area contributed by atoms with Crippen LogP contribution >= 0.6 is 0 Å². The van der Waals surface area contributed by atoms with Crippen LogP contribution < -0.4 is 4.74 Å². The summed E-state index contributed by atoms with van der Waals surface area (Å²) in [6.07, 6.45) is 0. The maximum absolute atomic E-state index is 11.2. The highest BCUT2D eigenvalue weighted by Crippen LogP contribution is 2.23. The normalized spacial score (nSPS) is 9.57. The van der Waals surface area contributed by atoms with Crippen LogP contribution in [-0.2, 0) is 4.74 Å². The van der Waals surface area contributed by atoms with Gasteiger partial charge >= 0.3 is 5.97 Å². The lowest BCUT2D eigenvalue weighted by molar-refractivity contribution is 0.0523. The smallest absolute Gasteiger partial charge is 0.341 e. The van der Waals surface area contributed by atoms with Crippen molar-refractivity contribution in [1.82, 2.24) is 0 Å². The van der Waals surface area contributed by atoms with Crippen molar-refractivity contribution in [2.24, 2.45) is 0 Å². The van der Waals surface area contributed by atoms with Gasteiger partial charge in [0.2, 0.25) is 0 Å². The number of hydrogen-bond acceptors (Lipinski definition) is 4. The van der Waals surface area contributed by atoms with Crippen LogP contribution in [0.3, 0.4) is 0 Å². The number of rotatable bonds is 3. The van der Waals surface area contributed by atoms with E-state index in [1.807, 2.05) is 0 Å². The fourth-order valence-corrected chi connectivity index (χ4v) is 1.02. The van der Waals surface area contributed by atoms with Gasteiger partial charge < -0.3 is 14.6 Å². The second-order valence-corrected chi connectivity index (χ2v) is 2.60. The summed E-state index contributed by atoms with van der Waals surface area (Å²) in [6, 6.07) is 4.42. The van der Waals surface area contributed by atoms with E-state index in [4.69, 9.17) is 9.47 Å². The molecular weight excluding hydrogens is 184 g/mol. The highest BCUT2D eigenvalue weighted by atomic mass is 16.5. The van der Waals surface area contributed by atoms with E-state index in [0.29, 0.717) is 5.75 Å². The van der Waals surface area contributed by atoms with Crippen molar-refractivity contribution in [2.45, 2.75) is 6.92 Å². The minimum atomic E-state index is -0.535. The number of carbonyl (C=O) groups is 1. The summed E-state index contributed by atoms with van der Waals surface area (Å²) >= 11 is 0. The first-order valence-electron chi connectivity index (χ1n) is 4.23. The number of esters is 1. The van der Waals surface area contributed by atoms with E-state index in [1.54, 1.807) is 13.0 Å². The van der Waals surface area contributed by atoms with Gasteiger partial charge in [0.05, 0.1) is 13.7 Å². The molecule has 0 aliphatic heterocycles. The predicted octanol–water partition coefficient (Wildman–Crippen LogP) is 1.58. The van der Waals surface area contributed by atoms with E-state index in [1.165, 1.54) is 19.2 Å². The third-order valence-electron chi connectivity index (χ3n) is 1.70. The Balaban J connectivity index is 2.94. The van der Waals surface area contributed by atoms with Crippen molar-refractivity contribution in [1.29, 1.82) is 0 Å². The fraction of sp³-hybridized carbons (Fsp3) is 0.300. The van der Waals surface area contributed by atoms with Crippen molar-refractivity contribution >= 4 is 5.97 Å². The lowest BCUT2D eigenvalue weighted by Gasteiger charge is -2.05. The molecule has 1 aromatic carbocycles. The largest absolute Gasteiger partial charge is 0.507 e. The quantitative estimate of drug-likeness (QED) is 0.745. The van der Waals surface area contributed by atoms with Crippen molar-refractivity contribution in [3.05, 3.63) is 23.8 Å². The van der Waals surface area contributed by atoms with Crippen molar-refractivity contribution in [2.75, 3.05) is 13.7 Å². The van der Waals surface area contributed by atoms with Crippen molar-refractivity contribution in [3.63, 3.8) is 0 Å². The van der Waals surface area contributed by atoms with Gasteiger partial charge in [0.1, 0.15) is 17.1 Å². The second kappa shape index (κ2) is 4.50. The van der Waals surface area contributed by atoms with Gasteiger partial charge in [-0.25, -0.2) is 4.79 Å². The molecule has 1 rings (SSSR count). The Kier molecular flexibility index (Phi) is 3.34. The highest BCUT2D eigenvalue weighted by Gasteiger charge is 2.12. The molecule has 76 valence electrons. The van der Waals surface area contributed by atoms with Gasteiger partial charge in [-0.05, 0) is 19.1 Å². The molecule has 0 amide bonds. The van der Waals surface area contributed by atoms with Gasteiger partial charge in [-0.15, -0.1) is 0 Å². The van der Waals surface area contributed by atoms with Crippen LogP contribution in [0.25, 0.3) is 0 Å². The number of ether oxygens (including phenoxy) is 2. The van der Waals surface area contributed by atoms with E-state index >= 15 is 0 Å². The van der Waals surface area contributed by atoms with Gasteiger partial charge in [0.15, 0.2) is 0 Å². The van der Waals surface area contributed by atoms with Crippen LogP contribution in [0.5, 0.6) is 11.5 Å². The van der Waals surface area contributed by atoms with E-state index in [-0.39, 0.29) is 17.9 Å². The number of hydrogen-bond donors (Lipinski definition) is 1. The summed E-state index contributed by atoms with van der Waals surface area (Å²) in [7, 11) is 1.48. The van der Waals surface area contributed by atoms with Crippen molar-refractivity contribution in [3.8, 4) is 11.5 Å². The molecule has 0 aromatic heterocycles. The first-order chi connectivity index (χ1) is 6.69. The van der Waals surface area contributed by atoms with Gasteiger partial charge in [-0.3, -0.25) is 0 Å². The fourth-order valence-electron chi connectivity index (χ4n) is 1.02. The summed E-state index contributed by atoms with van der Waals surface area (Å²) < 4.78 is 9.62. The number of carbonyl (C=O) groups excluding carboxylic acids is 1. The van der Waals surface area contributed by atoms with Crippen LogP contribution in [-0.4, -0.2) is 24.8 Å². The lowest BCUT2D eigenvalue weighted by Crippen LogP contribution is -2.04. The predicted molar refractivity (Wildman–Crippen MR) is 50.6 cm³/mol. The summed E-state index contributed by atoms with van der Waals surface area (Å²) in [6.45, 7) is 1.99. The molecular formula is C10H12O4. The summed E-state index contributed by atoms with van der Waals surface area (Å²) in [5.74, 6) is -0.175. The molecule has 0 spiro atoms. The molecule has 0 atom stereocenters. The minimum Gasteiger partial charge on any atom is -0.507 e. The molecule has 0 bridgehead atoms. The number of methoxy groups -OCH3 is 1. The molecule has 0 saturated heterocycles. The Morgan fingerprint density at radius 1 is 1.50 bits per heavy atom. The van der Waals surface area contributed by atoms with Gasteiger partial charge in [-0.1, -0.05) is 0 Å². The lowest BCUT2D eigenvalue weighted by atomic mass is 10.2. The Morgan fingerprint density at radius 2 is 2.21 bits per heavy atom. The van der Waals surface area contributed by atoms with Gasteiger partial charge in [0, 0.05) is 6.07 Å². The third kappa shape index (κ3) is 2.16. The molecule has 4 nitrogen and oxygen atoms in total. The first-order valence-corrected chi connectivity index (χ1v) is 4.23. The number of phenols is 1. The summed E-state index contributed by atoms with van der Waals surface area (Å²) in [5.41, 5.74) is 0.146. The molecule has 4 heteroatoms. The Morgan fingerprint density at radius 3 is 2.71 bits per heavy atom. The Labute approximate surface area is 82.1 Å². The SMILES string of the molecule is CCOC(=O)c1ccc(OC)cc1O. The molecule has 0 saturated carbocycles. The van der Waals surface area contributed by atoms with Crippen molar-refractivity contribution < 1.29 is 19.4 Å². The molecule has 0 aliphatic rings. The standard InChI is InChI=1S/C10H12O4/c1-3-14-10(12)8-5-4-7(13-2)6-9(8)11/h4-6,11H,3H2,1-2H3. The minimum absolute atomic E-state index is 0.136. The van der Waals surface area contributed by atoms with E-state index < -0.39 is 5.97 Å². The topological polar surface area (TPSA) is 55.8 Å². The summed E-state index contributed by atoms with van der Waals surface area (Å²) in [5, 5.41) is 9.44. The average Bonchev–Trinajstić information content (AvgIpc) is 2.17. The summed E-state index contributed by atoms with van der Waals surface area (Å²) in [4.78, 5) is 11.2. The zero-order valence-electron chi connectivity index (χ0n) is 8.11. The van der Waals surface area contributed by atoms with E-state index in [9.17, 15) is 9.90 Å². The van der Waals surface area contributed by atoms with Crippen LogP contribution in [0.2, 0.25) is 0 Å². The van der Waals surface area contributed by atoms with Crippen LogP contribution in [0.15, 0.2) is 18.2 Å². The highest BCUT2D eigenvalue weighted by molar-refractivity contribution is 5.92. The number of benzene rings is 1. The molecule has 0 fully saturated rings. The second-order valence-electron chi connectivity index (χ2n) is 2.60. The van der Waals surface area contributed by atoms with E-state index in [2.05, 4.69) is 0 Å². The molecule has 1 N–H and O–H groups in total. The monoisotopic (exact) mass is 196 g/mol. The Hall–Kier alpha value is -1.71. The molecule has 0 unspecified atom stereocenters. The average molecular weight is 196 g/mol. The molecule has 14 heavy (non-hydrogen) atoms. The maximum atomic E-state index is 11.2. The first kappa shape index (κ1) is 10.4. The number of aromatic hydroxyl groups is 1. The van der Waals surface area contributed by atoms with Gasteiger partial charge in [0.25, 0.3) is 0 Å². The zero-order chi connectivity index (χ0) is 10.6. The third-order valence-corrected chi connectivity index (χ3v) is 1.70. The Bertz CT molecular complexity index is 333. The number of phenolic OH excluding ortho intramolecular Hbond substituents is 1. The molecule has 1 aromatic rings.